The van der Waals surface area contributed by atoms with Crippen LogP contribution in [-0.2, 0) is 14.5 Å². The van der Waals surface area contributed by atoms with Gasteiger partial charge in [0.25, 0.3) is 0 Å². The Hall–Kier alpha value is -0.640. The summed E-state index contributed by atoms with van der Waals surface area (Å²) in [6.07, 6.45) is 0. The van der Waals surface area contributed by atoms with Gasteiger partial charge >= 0.3 is 13.6 Å². The van der Waals surface area contributed by atoms with Crippen LogP contribution in [0.4, 0.5) is 0 Å². The van der Waals surface area contributed by atoms with Gasteiger partial charge in [-0.3, -0.25) is 4.57 Å². The van der Waals surface area contributed by atoms with Gasteiger partial charge in [-0.25, -0.2) is 9.90 Å². The summed E-state index contributed by atoms with van der Waals surface area (Å²) < 4.78 is 10.1. The Morgan fingerprint density at radius 2 is 1.90 bits per heavy atom. The van der Waals surface area contributed by atoms with Crippen molar-refractivity contribution >= 4 is 13.6 Å². The van der Waals surface area contributed by atoms with E-state index in [-0.39, 0.29) is 0 Å². The second-order valence-corrected chi connectivity index (χ2v) is 3.13. The summed E-state index contributed by atoms with van der Waals surface area (Å²) in [5.74, 6) is -1.23. The second kappa shape index (κ2) is 2.96. The van der Waals surface area contributed by atoms with E-state index in [0.29, 0.717) is 5.82 Å². The first kappa shape index (κ1) is 9.36. The molecule has 0 aromatic rings. The molecule has 0 spiro atoms. The van der Waals surface area contributed by atoms with Crippen LogP contribution in [0.5, 0.6) is 0 Å². The molecule has 0 saturated heterocycles. The molecule has 0 aliphatic heterocycles. The molecule has 10 heavy (non-hydrogen) atoms. The van der Waals surface area contributed by atoms with Gasteiger partial charge in [-0.05, 0) is 6.92 Å². The van der Waals surface area contributed by atoms with Gasteiger partial charge in [0.15, 0.2) is 0 Å². The van der Waals surface area contributed by atoms with Crippen LogP contribution in [0.1, 0.15) is 6.92 Å². The highest BCUT2D eigenvalue weighted by atomic mass is 31.2. The lowest BCUT2D eigenvalue weighted by atomic mass is 10.4. The predicted octanol–water partition coefficient (Wildman–Crippen LogP) is 0.0250. The minimum atomic E-state index is -4.36. The average Bonchev–Trinajstić information content (AvgIpc) is 1.60. The Bertz CT molecular complexity index is 212. The van der Waals surface area contributed by atoms with Gasteiger partial charge in [0.05, 0.1) is 0 Å². The molecule has 0 bridgehead atoms. The summed E-state index contributed by atoms with van der Waals surface area (Å²) in [7, 11) is -4.36. The van der Waals surface area contributed by atoms with Gasteiger partial charge in [-0.1, -0.05) is 0 Å². The Balaban J connectivity index is 4.48. The molecule has 0 rings (SSSR count). The summed E-state index contributed by atoms with van der Waals surface area (Å²) in [4.78, 5) is 26.2. The average molecular weight is 165 g/mol. The minimum absolute atomic E-state index is 0.350. The second-order valence-electron chi connectivity index (χ2n) is 1.69. The first-order chi connectivity index (χ1) is 4.33. The molecule has 0 fully saturated rings. The largest absolute Gasteiger partial charge is 0.382 e. The van der Waals surface area contributed by atoms with Crippen LogP contribution in [-0.4, -0.2) is 15.8 Å². The van der Waals surface area contributed by atoms with Crippen LogP contribution in [0.2, 0.25) is 0 Å². The molecule has 0 aliphatic carbocycles. The van der Waals surface area contributed by atoms with E-state index in [0.717, 1.165) is 6.92 Å². The van der Waals surface area contributed by atoms with Gasteiger partial charge in [-0.2, -0.15) is 0 Å². The zero-order chi connectivity index (χ0) is 8.36. The maximum absolute atomic E-state index is 10.1. The number of hydrogen-bond donors (Lipinski definition) is 2. The molecule has 0 aromatic carbocycles. The molecule has 0 heterocycles. The molecular weight excluding hydrogens is 159 g/mol. The van der Waals surface area contributed by atoms with Crippen molar-refractivity contribution in [2.45, 2.75) is 6.92 Å². The van der Waals surface area contributed by atoms with Crippen LogP contribution in [0.15, 0.2) is 11.4 Å². The first-order valence-corrected chi connectivity index (χ1v) is 3.97. The van der Waals surface area contributed by atoms with Crippen molar-refractivity contribution in [3.05, 3.63) is 11.4 Å². The fourth-order valence-electron chi connectivity index (χ4n) is 0.305. The molecular formula is C4H6O5P. The van der Waals surface area contributed by atoms with Gasteiger partial charge in [0.1, 0.15) is 0 Å². The highest BCUT2D eigenvalue weighted by molar-refractivity contribution is 7.55. The topological polar surface area (TPSA) is 94.5 Å². The van der Waals surface area contributed by atoms with Crippen LogP contribution < -0.4 is 0 Å². The molecule has 0 amide bonds. The van der Waals surface area contributed by atoms with E-state index < -0.39 is 19.1 Å². The lowest BCUT2D eigenvalue weighted by Gasteiger charge is -1.94. The zero-order valence-corrected chi connectivity index (χ0v) is 6.04. The summed E-state index contributed by atoms with van der Waals surface area (Å²) in [6, 6.07) is 0. The monoisotopic (exact) mass is 165 g/mol. The Morgan fingerprint density at radius 3 is 2.00 bits per heavy atom. The number of carbonyl (C=O) groups is 1. The summed E-state index contributed by atoms with van der Waals surface area (Å²) in [5.41, 5.74) is -0.465. The molecule has 1 radical (unpaired) electrons. The van der Waals surface area contributed by atoms with Crippen LogP contribution in [0.25, 0.3) is 0 Å². The Labute approximate surface area is 57.2 Å². The zero-order valence-electron chi connectivity index (χ0n) is 5.14. The quantitative estimate of drug-likeness (QED) is 0.445. The predicted molar refractivity (Wildman–Crippen MR) is 31.5 cm³/mol. The smallest absolute Gasteiger partial charge is 0.321 e. The van der Waals surface area contributed by atoms with Gasteiger partial charge in [-0.15, -0.1) is 0 Å². The third kappa shape index (κ3) is 4.26. The Morgan fingerprint density at radius 1 is 1.50 bits per heavy atom. The fraction of sp³-hybridized carbons (Fsp3) is 0.250. The lowest BCUT2D eigenvalue weighted by Crippen LogP contribution is -1.93. The SMILES string of the molecule is CC(=CP(=O)(O)O)C([O])=O. The molecule has 2 N–H and O–H groups in total. The van der Waals surface area contributed by atoms with Crippen molar-refractivity contribution in [2.75, 3.05) is 0 Å². The summed E-state index contributed by atoms with van der Waals surface area (Å²) in [5, 5.41) is 9.85. The van der Waals surface area contributed by atoms with E-state index in [4.69, 9.17) is 9.79 Å². The van der Waals surface area contributed by atoms with Crippen molar-refractivity contribution in [3.8, 4) is 0 Å². The van der Waals surface area contributed by atoms with Crippen molar-refractivity contribution in [1.82, 2.24) is 0 Å². The highest BCUT2D eigenvalue weighted by Crippen LogP contribution is 2.37. The molecule has 57 valence electrons. The Kier molecular flexibility index (Phi) is 2.77. The number of hydrogen-bond acceptors (Lipinski definition) is 2. The van der Waals surface area contributed by atoms with Gasteiger partial charge in [0, 0.05) is 11.4 Å². The molecule has 6 heteroatoms. The third-order valence-electron chi connectivity index (χ3n) is 0.684. The van der Waals surface area contributed by atoms with Crippen molar-refractivity contribution in [2.24, 2.45) is 0 Å². The first-order valence-electron chi connectivity index (χ1n) is 2.29. The van der Waals surface area contributed by atoms with Crippen molar-refractivity contribution in [1.29, 1.82) is 0 Å². The van der Waals surface area contributed by atoms with Crippen molar-refractivity contribution in [3.63, 3.8) is 0 Å². The molecule has 0 aliphatic rings. The molecule has 0 unspecified atom stereocenters. The van der Waals surface area contributed by atoms with E-state index in [9.17, 15) is 14.5 Å². The van der Waals surface area contributed by atoms with E-state index >= 15 is 0 Å². The molecule has 0 atom stereocenters. The van der Waals surface area contributed by atoms with Crippen LogP contribution in [0, 0.1) is 0 Å². The third-order valence-corrected chi connectivity index (χ3v) is 1.41. The van der Waals surface area contributed by atoms with Gasteiger partial charge < -0.3 is 9.79 Å². The number of rotatable bonds is 2. The van der Waals surface area contributed by atoms with Crippen LogP contribution >= 0.6 is 7.60 Å². The van der Waals surface area contributed by atoms with E-state index in [1.54, 1.807) is 0 Å². The molecule has 0 aromatic heterocycles. The summed E-state index contributed by atoms with van der Waals surface area (Å²) in [6.45, 7) is 1.05. The molecule has 0 saturated carbocycles. The maximum atomic E-state index is 10.1. The van der Waals surface area contributed by atoms with Crippen molar-refractivity contribution < 1.29 is 24.3 Å². The van der Waals surface area contributed by atoms with Gasteiger partial charge in [0.2, 0.25) is 0 Å². The van der Waals surface area contributed by atoms with Crippen LogP contribution in [0.3, 0.4) is 0 Å². The summed E-state index contributed by atoms with van der Waals surface area (Å²) >= 11 is 0. The fourth-order valence-corrected chi connectivity index (χ4v) is 0.915. The highest BCUT2D eigenvalue weighted by Gasteiger charge is 2.12. The normalized spacial score (nSPS) is 13.3. The minimum Gasteiger partial charge on any atom is -0.321 e. The maximum Gasteiger partial charge on any atom is 0.382 e. The van der Waals surface area contributed by atoms with E-state index in [1.807, 2.05) is 0 Å². The molecule has 5 nitrogen and oxygen atoms in total. The van der Waals surface area contributed by atoms with E-state index in [1.165, 1.54) is 0 Å². The van der Waals surface area contributed by atoms with E-state index in [2.05, 4.69) is 0 Å². The standard InChI is InChI=1S/C4H6O5P/c1-3(4(5)6)2-10(7,8)9/h2H,1H3,(H2,7,8,9). The lowest BCUT2D eigenvalue weighted by molar-refractivity contribution is -0.138. The number of carbonyl (C=O) groups excluding carboxylic acids is 1.